The van der Waals surface area contributed by atoms with E-state index in [2.05, 4.69) is 0 Å². The summed E-state index contributed by atoms with van der Waals surface area (Å²) < 4.78 is 25.7. The van der Waals surface area contributed by atoms with Gasteiger partial charge >= 0.3 is 0 Å². The molecule has 1 aromatic carbocycles. The van der Waals surface area contributed by atoms with Crippen LogP contribution in [0.4, 0.5) is 0 Å². The Morgan fingerprint density at radius 2 is 1.85 bits per heavy atom. The van der Waals surface area contributed by atoms with Crippen molar-refractivity contribution in [3.63, 3.8) is 0 Å². The van der Waals surface area contributed by atoms with Gasteiger partial charge < -0.3 is 0 Å². The SMILES string of the molecule is Cc1ccc(S(=O)(=O)N(C)CC(=O)c2cccs2)cc1. The van der Waals surface area contributed by atoms with Gasteiger partial charge in [-0.25, -0.2) is 8.42 Å². The largest absolute Gasteiger partial charge is 0.292 e. The summed E-state index contributed by atoms with van der Waals surface area (Å²) in [6, 6.07) is 10.0. The monoisotopic (exact) mass is 309 g/mol. The van der Waals surface area contributed by atoms with Gasteiger partial charge in [-0.15, -0.1) is 11.3 Å². The van der Waals surface area contributed by atoms with Crippen molar-refractivity contribution in [3.05, 3.63) is 52.2 Å². The molecule has 1 heterocycles. The number of hydrogen-bond donors (Lipinski definition) is 0. The molecule has 1 aromatic heterocycles. The van der Waals surface area contributed by atoms with Crippen LogP contribution < -0.4 is 0 Å². The number of likely N-dealkylation sites (N-methyl/N-ethyl adjacent to an activating group) is 1. The number of aryl methyl sites for hydroxylation is 1. The van der Waals surface area contributed by atoms with Crippen LogP contribution >= 0.6 is 11.3 Å². The summed E-state index contributed by atoms with van der Waals surface area (Å²) in [5.41, 5.74) is 0.987. The topological polar surface area (TPSA) is 54.5 Å². The van der Waals surface area contributed by atoms with Gasteiger partial charge in [0.05, 0.1) is 16.3 Å². The lowest BCUT2D eigenvalue weighted by Gasteiger charge is -2.16. The summed E-state index contributed by atoms with van der Waals surface area (Å²) in [6.45, 7) is 1.73. The zero-order chi connectivity index (χ0) is 14.8. The molecule has 0 unspecified atom stereocenters. The van der Waals surface area contributed by atoms with Crippen LogP contribution in [0, 0.1) is 6.92 Å². The van der Waals surface area contributed by atoms with E-state index in [1.165, 1.54) is 18.4 Å². The van der Waals surface area contributed by atoms with Gasteiger partial charge in [0.2, 0.25) is 10.0 Å². The molecule has 4 nitrogen and oxygen atoms in total. The van der Waals surface area contributed by atoms with Gasteiger partial charge in [0.1, 0.15) is 0 Å². The molecule has 2 aromatic rings. The smallest absolute Gasteiger partial charge is 0.243 e. The minimum absolute atomic E-state index is 0.156. The molecule has 2 rings (SSSR count). The number of nitrogens with zero attached hydrogens (tertiary/aromatic N) is 1. The highest BCUT2D eigenvalue weighted by atomic mass is 32.2. The molecule has 0 amide bonds. The number of hydrogen-bond acceptors (Lipinski definition) is 4. The van der Waals surface area contributed by atoms with Crippen molar-refractivity contribution in [2.75, 3.05) is 13.6 Å². The molecule has 0 spiro atoms. The molecular weight excluding hydrogens is 294 g/mol. The van der Waals surface area contributed by atoms with Crippen molar-refractivity contribution in [2.24, 2.45) is 0 Å². The summed E-state index contributed by atoms with van der Waals surface area (Å²) in [5.74, 6) is -0.196. The number of thiophene rings is 1. The molecule has 0 saturated heterocycles. The summed E-state index contributed by atoms with van der Waals surface area (Å²) in [6.07, 6.45) is 0. The van der Waals surface area contributed by atoms with E-state index in [1.807, 2.05) is 6.92 Å². The standard InChI is InChI=1S/C14H15NO3S2/c1-11-5-7-12(8-6-11)20(17,18)15(2)10-13(16)14-4-3-9-19-14/h3-9H,10H2,1-2H3. The normalized spacial score (nSPS) is 11.8. The van der Waals surface area contributed by atoms with E-state index in [0.29, 0.717) is 4.88 Å². The maximum Gasteiger partial charge on any atom is 0.243 e. The second-order valence-electron chi connectivity index (χ2n) is 4.47. The Kier molecular flexibility index (Phi) is 4.37. The molecule has 0 aliphatic rings. The third-order valence-electron chi connectivity index (χ3n) is 2.89. The minimum atomic E-state index is -3.62. The minimum Gasteiger partial charge on any atom is -0.292 e. The van der Waals surface area contributed by atoms with E-state index in [1.54, 1.807) is 41.8 Å². The first-order valence-electron chi connectivity index (χ1n) is 6.01. The highest BCUT2D eigenvalue weighted by Crippen LogP contribution is 2.16. The number of ketones is 1. The summed E-state index contributed by atoms with van der Waals surface area (Å²) in [5, 5.41) is 1.79. The van der Waals surface area contributed by atoms with Gasteiger partial charge in [-0.3, -0.25) is 4.79 Å². The molecule has 0 saturated carbocycles. The fraction of sp³-hybridized carbons (Fsp3) is 0.214. The molecule has 0 aliphatic carbocycles. The van der Waals surface area contributed by atoms with Crippen LogP contribution in [-0.2, 0) is 10.0 Å². The maximum absolute atomic E-state index is 12.3. The quantitative estimate of drug-likeness (QED) is 0.798. The van der Waals surface area contributed by atoms with Crippen molar-refractivity contribution in [2.45, 2.75) is 11.8 Å². The molecule has 106 valence electrons. The van der Waals surface area contributed by atoms with Gasteiger partial charge in [-0.2, -0.15) is 4.31 Å². The van der Waals surface area contributed by atoms with Crippen LogP contribution in [0.15, 0.2) is 46.7 Å². The van der Waals surface area contributed by atoms with E-state index >= 15 is 0 Å². The Hall–Kier alpha value is -1.50. The molecular formula is C14H15NO3S2. The lowest BCUT2D eigenvalue weighted by atomic mass is 10.2. The van der Waals surface area contributed by atoms with Gasteiger partial charge in [0.15, 0.2) is 5.78 Å². The predicted octanol–water partition coefficient (Wildman–Crippen LogP) is 2.56. The predicted molar refractivity (Wildman–Crippen MR) is 79.6 cm³/mol. The molecule has 0 bridgehead atoms. The second kappa shape index (κ2) is 5.87. The van der Waals surface area contributed by atoms with Gasteiger partial charge in [-0.05, 0) is 30.5 Å². The van der Waals surface area contributed by atoms with Crippen LogP contribution in [0.25, 0.3) is 0 Å². The van der Waals surface area contributed by atoms with E-state index in [0.717, 1.165) is 9.87 Å². The average Bonchev–Trinajstić information content (AvgIpc) is 2.93. The zero-order valence-electron chi connectivity index (χ0n) is 11.2. The van der Waals surface area contributed by atoms with Crippen LogP contribution in [0.2, 0.25) is 0 Å². The highest BCUT2D eigenvalue weighted by molar-refractivity contribution is 7.89. The van der Waals surface area contributed by atoms with E-state index < -0.39 is 10.0 Å². The maximum atomic E-state index is 12.3. The van der Waals surface area contributed by atoms with Crippen molar-refractivity contribution in [3.8, 4) is 0 Å². The van der Waals surface area contributed by atoms with Crippen molar-refractivity contribution in [1.82, 2.24) is 4.31 Å². The number of rotatable bonds is 5. The van der Waals surface area contributed by atoms with E-state index in [4.69, 9.17) is 0 Å². The molecule has 20 heavy (non-hydrogen) atoms. The zero-order valence-corrected chi connectivity index (χ0v) is 12.9. The Morgan fingerprint density at radius 3 is 2.40 bits per heavy atom. The molecule has 0 N–H and O–H groups in total. The molecule has 6 heteroatoms. The molecule has 0 atom stereocenters. The summed E-state index contributed by atoms with van der Waals surface area (Å²) in [4.78, 5) is 12.7. The second-order valence-corrected chi connectivity index (χ2v) is 7.47. The third-order valence-corrected chi connectivity index (χ3v) is 5.62. The van der Waals surface area contributed by atoms with E-state index in [9.17, 15) is 13.2 Å². The lowest BCUT2D eigenvalue weighted by Crippen LogP contribution is -2.32. The van der Waals surface area contributed by atoms with Gasteiger partial charge in [-0.1, -0.05) is 23.8 Å². The number of Topliss-reactive ketones (excluding diaryl/α,β-unsaturated/α-hetero) is 1. The first-order chi connectivity index (χ1) is 9.41. The van der Waals surface area contributed by atoms with E-state index in [-0.39, 0.29) is 17.2 Å². The van der Waals surface area contributed by atoms with Gasteiger partial charge in [0, 0.05) is 7.05 Å². The lowest BCUT2D eigenvalue weighted by molar-refractivity contribution is 0.0977. The first-order valence-corrected chi connectivity index (χ1v) is 8.33. The Balaban J connectivity index is 2.17. The Labute approximate surface area is 122 Å². The Bertz CT molecular complexity index is 689. The molecule has 0 radical (unpaired) electrons. The van der Waals surface area contributed by atoms with Crippen LogP contribution in [0.5, 0.6) is 0 Å². The first kappa shape index (κ1) is 14.9. The van der Waals surface area contributed by atoms with Crippen molar-refractivity contribution < 1.29 is 13.2 Å². The third kappa shape index (κ3) is 3.15. The number of benzene rings is 1. The van der Waals surface area contributed by atoms with Crippen LogP contribution in [0.1, 0.15) is 15.2 Å². The van der Waals surface area contributed by atoms with Crippen LogP contribution in [-0.4, -0.2) is 32.1 Å². The summed E-state index contributed by atoms with van der Waals surface area (Å²) in [7, 11) is -2.21. The number of carbonyl (C=O) groups is 1. The fourth-order valence-corrected chi connectivity index (χ4v) is 3.48. The van der Waals surface area contributed by atoms with Crippen molar-refractivity contribution >= 4 is 27.1 Å². The van der Waals surface area contributed by atoms with Crippen molar-refractivity contribution in [1.29, 1.82) is 0 Å². The number of carbonyl (C=O) groups excluding carboxylic acids is 1. The molecule has 0 aliphatic heterocycles. The highest BCUT2D eigenvalue weighted by Gasteiger charge is 2.23. The summed E-state index contributed by atoms with van der Waals surface area (Å²) >= 11 is 1.31. The Morgan fingerprint density at radius 1 is 1.20 bits per heavy atom. The van der Waals surface area contributed by atoms with Gasteiger partial charge in [0.25, 0.3) is 0 Å². The number of sulfonamides is 1. The fourth-order valence-electron chi connectivity index (χ4n) is 1.69. The molecule has 0 fully saturated rings. The average molecular weight is 309 g/mol. The van der Waals surface area contributed by atoms with Crippen LogP contribution in [0.3, 0.4) is 0 Å².